The Balaban J connectivity index is 1.27. The highest BCUT2D eigenvalue weighted by Crippen LogP contribution is 2.41. The highest BCUT2D eigenvalue weighted by molar-refractivity contribution is 7.47. The number of hydrogen-bond donors (Lipinski definition) is 4. The number of carbonyl (C=O) groups excluding carboxylic acids is 1. The number of aromatic amines is 1. The predicted molar refractivity (Wildman–Crippen MR) is 155 cm³/mol. The van der Waals surface area contributed by atoms with Gasteiger partial charge in [0, 0.05) is 49.1 Å². The van der Waals surface area contributed by atoms with Crippen LogP contribution in [0.2, 0.25) is 0 Å². The average molecular weight is 602 g/mol. The molecule has 15 heteroatoms. The molecule has 1 amide bonds. The number of benzene rings is 2. The molecular formula is C27H33FN7O6P. The first-order valence-electron chi connectivity index (χ1n) is 13.2. The molecule has 0 spiro atoms. The Morgan fingerprint density at radius 1 is 1.14 bits per heavy atom. The van der Waals surface area contributed by atoms with Crippen LogP contribution in [0.25, 0.3) is 10.9 Å². The highest BCUT2D eigenvalue weighted by Gasteiger charge is 2.18. The SMILES string of the molecule is CCN(CCCOc1ccc2c(Nc3cc(CC(=O)Nc4cccc(F)c4)[nH]n3)ncnc2c1)CCOP(=O)(O)OC. The van der Waals surface area contributed by atoms with Gasteiger partial charge >= 0.3 is 7.82 Å². The molecular weight excluding hydrogens is 568 g/mol. The number of carbonyl (C=O) groups is 1. The Morgan fingerprint density at radius 2 is 2.00 bits per heavy atom. The lowest BCUT2D eigenvalue weighted by Gasteiger charge is -2.20. The van der Waals surface area contributed by atoms with E-state index in [0.29, 0.717) is 47.4 Å². The number of phosphoric ester groups is 1. The molecule has 42 heavy (non-hydrogen) atoms. The topological polar surface area (TPSA) is 164 Å². The van der Waals surface area contributed by atoms with E-state index >= 15 is 0 Å². The van der Waals surface area contributed by atoms with Gasteiger partial charge in [-0.3, -0.25) is 18.9 Å². The maximum absolute atomic E-state index is 13.4. The van der Waals surface area contributed by atoms with Crippen molar-refractivity contribution in [2.24, 2.45) is 0 Å². The molecule has 2 aromatic heterocycles. The minimum Gasteiger partial charge on any atom is -0.493 e. The van der Waals surface area contributed by atoms with Crippen LogP contribution in [0.5, 0.6) is 5.75 Å². The summed E-state index contributed by atoms with van der Waals surface area (Å²) in [6.07, 6.45) is 2.20. The molecule has 1 atom stereocenters. The lowest BCUT2D eigenvalue weighted by Crippen LogP contribution is -2.29. The number of fused-ring (bicyclic) bond motifs is 1. The van der Waals surface area contributed by atoms with Crippen molar-refractivity contribution in [3.8, 4) is 5.75 Å². The number of nitrogens with zero attached hydrogens (tertiary/aromatic N) is 4. The van der Waals surface area contributed by atoms with E-state index in [1.807, 2.05) is 25.1 Å². The quantitative estimate of drug-likeness (QED) is 0.107. The fraction of sp³-hybridized carbons (Fsp3) is 0.333. The average Bonchev–Trinajstić information content (AvgIpc) is 3.40. The molecule has 0 bridgehead atoms. The Morgan fingerprint density at radius 3 is 2.79 bits per heavy atom. The van der Waals surface area contributed by atoms with Crippen molar-refractivity contribution in [3.63, 3.8) is 0 Å². The van der Waals surface area contributed by atoms with E-state index in [9.17, 15) is 18.6 Å². The largest absolute Gasteiger partial charge is 0.493 e. The number of phosphoric acid groups is 1. The lowest BCUT2D eigenvalue weighted by molar-refractivity contribution is -0.115. The number of rotatable bonds is 16. The van der Waals surface area contributed by atoms with E-state index in [0.717, 1.165) is 32.0 Å². The van der Waals surface area contributed by atoms with Crippen LogP contribution in [-0.2, 0) is 24.8 Å². The van der Waals surface area contributed by atoms with Crippen LogP contribution >= 0.6 is 7.82 Å². The standard InChI is InChI=1S/C27H33FN7O6P/c1-3-35(11-13-41-42(37,38)39-2)10-5-12-40-22-8-9-23-24(17-22)29-18-30-27(23)32-25-15-21(33-34-25)16-26(36)31-20-7-4-6-19(28)14-20/h4,6-9,14-15,17-18H,3,5,10-13,16H2,1-2H3,(H,31,36)(H,37,38)(H2,29,30,32,33,34). The van der Waals surface area contributed by atoms with Gasteiger partial charge in [0.25, 0.3) is 0 Å². The van der Waals surface area contributed by atoms with E-state index in [1.165, 1.54) is 24.5 Å². The van der Waals surface area contributed by atoms with Gasteiger partial charge in [-0.25, -0.2) is 18.9 Å². The number of H-pyrrole nitrogens is 1. The molecule has 0 radical (unpaired) electrons. The molecule has 13 nitrogen and oxygen atoms in total. The van der Waals surface area contributed by atoms with Crippen LogP contribution in [-0.4, -0.2) is 75.8 Å². The summed E-state index contributed by atoms with van der Waals surface area (Å²) >= 11 is 0. The number of likely N-dealkylation sites (N-methyl/N-ethyl adjacent to an activating group) is 1. The molecule has 0 aliphatic rings. The number of nitrogens with one attached hydrogen (secondary N) is 3. The van der Waals surface area contributed by atoms with Gasteiger partial charge in [0.1, 0.15) is 23.7 Å². The Hall–Kier alpha value is -3.94. The Kier molecular flexibility index (Phi) is 10.9. The summed E-state index contributed by atoms with van der Waals surface area (Å²) in [4.78, 5) is 32.4. The van der Waals surface area contributed by atoms with E-state index in [4.69, 9.17) is 9.26 Å². The fourth-order valence-electron chi connectivity index (χ4n) is 4.05. The van der Waals surface area contributed by atoms with E-state index < -0.39 is 13.6 Å². The normalized spacial score (nSPS) is 12.8. The Bertz CT molecular complexity index is 1540. The van der Waals surface area contributed by atoms with Crippen molar-refractivity contribution in [2.75, 3.05) is 50.6 Å². The maximum Gasteiger partial charge on any atom is 0.471 e. The van der Waals surface area contributed by atoms with Crippen molar-refractivity contribution in [3.05, 3.63) is 66.4 Å². The summed E-state index contributed by atoms with van der Waals surface area (Å²) in [6.45, 7) is 4.53. The highest BCUT2D eigenvalue weighted by atomic mass is 31.2. The fourth-order valence-corrected chi connectivity index (χ4v) is 4.47. The summed E-state index contributed by atoms with van der Waals surface area (Å²) in [5, 5.41) is 13.6. The molecule has 224 valence electrons. The molecule has 4 N–H and O–H groups in total. The monoisotopic (exact) mass is 601 g/mol. The van der Waals surface area contributed by atoms with Gasteiger partial charge in [-0.15, -0.1) is 0 Å². The zero-order valence-corrected chi connectivity index (χ0v) is 24.1. The molecule has 4 rings (SSSR count). The second-order valence-electron chi connectivity index (χ2n) is 9.16. The first-order chi connectivity index (χ1) is 20.2. The van der Waals surface area contributed by atoms with Gasteiger partial charge in [0.15, 0.2) is 5.82 Å². The second-order valence-corrected chi connectivity index (χ2v) is 10.7. The van der Waals surface area contributed by atoms with E-state index in [1.54, 1.807) is 12.1 Å². The van der Waals surface area contributed by atoms with Gasteiger partial charge in [0.2, 0.25) is 5.91 Å². The van der Waals surface area contributed by atoms with Crippen molar-refractivity contribution in [1.82, 2.24) is 25.1 Å². The predicted octanol–water partition coefficient (Wildman–Crippen LogP) is 4.27. The third-order valence-corrected chi connectivity index (χ3v) is 7.14. The molecule has 0 aliphatic heterocycles. The number of hydrogen-bond acceptors (Lipinski definition) is 10. The van der Waals surface area contributed by atoms with Crippen LogP contribution in [0.15, 0.2) is 54.9 Å². The van der Waals surface area contributed by atoms with Crippen molar-refractivity contribution < 1.29 is 32.4 Å². The zero-order valence-electron chi connectivity index (χ0n) is 23.2. The molecule has 0 saturated heterocycles. The summed E-state index contributed by atoms with van der Waals surface area (Å²) in [5.41, 5.74) is 1.62. The summed E-state index contributed by atoms with van der Waals surface area (Å²) in [7, 11) is -2.84. The van der Waals surface area contributed by atoms with Crippen LogP contribution in [0.3, 0.4) is 0 Å². The lowest BCUT2D eigenvalue weighted by atomic mass is 10.2. The number of aromatic nitrogens is 4. The van der Waals surface area contributed by atoms with Crippen LogP contribution < -0.4 is 15.4 Å². The molecule has 0 aliphatic carbocycles. The molecule has 1 unspecified atom stereocenters. The Labute approximate surface area is 242 Å². The minimum absolute atomic E-state index is 0.0266. The second kappa shape index (κ2) is 14.8. The molecule has 2 heterocycles. The van der Waals surface area contributed by atoms with Gasteiger partial charge in [-0.2, -0.15) is 5.10 Å². The summed E-state index contributed by atoms with van der Waals surface area (Å²) in [6, 6.07) is 12.9. The van der Waals surface area contributed by atoms with Gasteiger partial charge in [-0.1, -0.05) is 13.0 Å². The van der Waals surface area contributed by atoms with Crippen molar-refractivity contribution in [1.29, 1.82) is 0 Å². The third kappa shape index (κ3) is 9.29. The molecule has 2 aromatic carbocycles. The van der Waals surface area contributed by atoms with Gasteiger partial charge in [0.05, 0.1) is 25.2 Å². The van der Waals surface area contributed by atoms with E-state index in [-0.39, 0.29) is 18.9 Å². The van der Waals surface area contributed by atoms with E-state index in [2.05, 4.69) is 40.2 Å². The zero-order chi connectivity index (χ0) is 30.0. The van der Waals surface area contributed by atoms with Crippen molar-refractivity contribution >= 4 is 42.0 Å². The number of anilines is 3. The van der Waals surface area contributed by atoms with Crippen LogP contribution in [0.4, 0.5) is 21.7 Å². The van der Waals surface area contributed by atoms with Gasteiger partial charge < -0.3 is 25.2 Å². The maximum atomic E-state index is 13.4. The van der Waals surface area contributed by atoms with Crippen molar-refractivity contribution in [2.45, 2.75) is 19.8 Å². The van der Waals surface area contributed by atoms with Crippen LogP contribution in [0, 0.1) is 5.82 Å². The summed E-state index contributed by atoms with van der Waals surface area (Å²) in [5.74, 6) is 0.925. The van der Waals surface area contributed by atoms with Crippen LogP contribution in [0.1, 0.15) is 19.0 Å². The number of ether oxygens (including phenoxy) is 1. The first kappa shape index (κ1) is 31.0. The summed E-state index contributed by atoms with van der Waals surface area (Å²) < 4.78 is 40.0. The molecule has 0 saturated carbocycles. The third-order valence-electron chi connectivity index (χ3n) is 6.17. The number of amides is 1. The number of halogens is 1. The first-order valence-corrected chi connectivity index (χ1v) is 14.7. The minimum atomic E-state index is -3.97. The molecule has 0 fully saturated rings. The van der Waals surface area contributed by atoms with Gasteiger partial charge in [-0.05, 0) is 43.3 Å². The molecule has 4 aromatic rings. The smallest absolute Gasteiger partial charge is 0.471 e.